The first-order chi connectivity index (χ1) is 9.43. The molecule has 1 aromatic rings. The van der Waals surface area contributed by atoms with E-state index in [0.29, 0.717) is 5.92 Å². The molecule has 96 valence electrons. The molecule has 0 heterocycles. The topological polar surface area (TPSA) is 12.4 Å². The van der Waals surface area contributed by atoms with Gasteiger partial charge in [0.15, 0.2) is 0 Å². The molecule has 1 heteroatoms. The highest BCUT2D eigenvalue weighted by Crippen LogP contribution is 2.35. The van der Waals surface area contributed by atoms with Gasteiger partial charge in [-0.25, -0.2) is 0 Å². The van der Waals surface area contributed by atoms with E-state index in [-0.39, 0.29) is 0 Å². The first kappa shape index (κ1) is 12.2. The Morgan fingerprint density at radius 2 is 2.11 bits per heavy atom. The first-order valence-electron chi connectivity index (χ1n) is 7.03. The smallest absolute Gasteiger partial charge is 0.0605 e. The van der Waals surface area contributed by atoms with Gasteiger partial charge in [-0.2, -0.15) is 0 Å². The van der Waals surface area contributed by atoms with Crippen molar-refractivity contribution in [3.05, 3.63) is 71.3 Å². The highest BCUT2D eigenvalue weighted by atomic mass is 14.7. The Bertz CT molecular complexity index is 546. The maximum Gasteiger partial charge on any atom is 0.0605 e. The van der Waals surface area contributed by atoms with E-state index in [1.165, 1.54) is 24.0 Å². The molecule has 3 rings (SSSR count). The van der Waals surface area contributed by atoms with E-state index in [2.05, 4.69) is 41.4 Å². The molecule has 0 amide bonds. The van der Waals surface area contributed by atoms with E-state index in [1.807, 2.05) is 24.4 Å². The third-order valence-corrected chi connectivity index (χ3v) is 3.87. The summed E-state index contributed by atoms with van der Waals surface area (Å²) in [5.74, 6) is 0.617. The summed E-state index contributed by atoms with van der Waals surface area (Å²) in [6.07, 6.45) is 14.7. The van der Waals surface area contributed by atoms with Gasteiger partial charge in [0.2, 0.25) is 0 Å². The Morgan fingerprint density at radius 1 is 1.21 bits per heavy atom. The van der Waals surface area contributed by atoms with Crippen LogP contribution in [0.2, 0.25) is 0 Å². The molecule has 1 aromatic carbocycles. The van der Waals surface area contributed by atoms with Crippen LogP contribution in [-0.2, 0) is 0 Å². The predicted octanol–water partition coefficient (Wildman–Crippen LogP) is 4.33. The Kier molecular flexibility index (Phi) is 3.73. The van der Waals surface area contributed by atoms with Crippen molar-refractivity contribution in [2.24, 2.45) is 10.9 Å². The molecule has 1 atom stereocenters. The Morgan fingerprint density at radius 3 is 3.00 bits per heavy atom. The summed E-state index contributed by atoms with van der Waals surface area (Å²) in [6.45, 7) is 0.838. The zero-order chi connectivity index (χ0) is 12.9. The SMILES string of the molecule is C1=CCC2C(=C1)CCC=C2C/N=C/c1ccccc1. The van der Waals surface area contributed by atoms with Gasteiger partial charge < -0.3 is 0 Å². The fraction of sp³-hybridized carbons (Fsp3) is 0.278. The number of rotatable bonds is 3. The number of benzene rings is 1. The summed E-state index contributed by atoms with van der Waals surface area (Å²) in [5.41, 5.74) is 4.27. The molecule has 2 aliphatic rings. The van der Waals surface area contributed by atoms with Crippen molar-refractivity contribution in [2.45, 2.75) is 19.3 Å². The van der Waals surface area contributed by atoms with Gasteiger partial charge in [0.25, 0.3) is 0 Å². The van der Waals surface area contributed by atoms with Gasteiger partial charge in [0, 0.05) is 12.1 Å². The van der Waals surface area contributed by atoms with Gasteiger partial charge in [-0.15, -0.1) is 0 Å². The molecule has 0 saturated carbocycles. The van der Waals surface area contributed by atoms with Gasteiger partial charge in [-0.3, -0.25) is 4.99 Å². The van der Waals surface area contributed by atoms with E-state index in [9.17, 15) is 0 Å². The number of fused-ring (bicyclic) bond motifs is 1. The highest BCUT2D eigenvalue weighted by molar-refractivity contribution is 5.79. The number of aliphatic imine (C=N–C) groups is 1. The van der Waals surface area contributed by atoms with Crippen LogP contribution in [0, 0.1) is 5.92 Å². The second kappa shape index (κ2) is 5.83. The van der Waals surface area contributed by atoms with E-state index < -0.39 is 0 Å². The quantitative estimate of drug-likeness (QED) is 0.558. The molecule has 0 fully saturated rings. The minimum Gasteiger partial charge on any atom is -0.288 e. The third-order valence-electron chi connectivity index (χ3n) is 3.87. The van der Waals surface area contributed by atoms with Gasteiger partial charge in [-0.1, -0.05) is 60.2 Å². The van der Waals surface area contributed by atoms with E-state index in [1.54, 1.807) is 5.57 Å². The van der Waals surface area contributed by atoms with Gasteiger partial charge in [0.05, 0.1) is 6.54 Å². The lowest BCUT2D eigenvalue weighted by Crippen LogP contribution is -2.15. The van der Waals surface area contributed by atoms with Crippen LogP contribution in [0.1, 0.15) is 24.8 Å². The third kappa shape index (κ3) is 2.93. The second-order valence-electron chi connectivity index (χ2n) is 5.16. The molecule has 0 saturated heterocycles. The van der Waals surface area contributed by atoms with Crippen LogP contribution in [0.3, 0.4) is 0 Å². The maximum absolute atomic E-state index is 4.61. The Balaban J connectivity index is 1.67. The molecular weight excluding hydrogens is 230 g/mol. The number of allylic oxidation sites excluding steroid dienone is 5. The van der Waals surface area contributed by atoms with Crippen molar-refractivity contribution < 1.29 is 0 Å². The Labute approximate surface area is 115 Å². The van der Waals surface area contributed by atoms with Crippen LogP contribution >= 0.6 is 0 Å². The van der Waals surface area contributed by atoms with E-state index in [4.69, 9.17) is 0 Å². The van der Waals surface area contributed by atoms with Crippen LogP contribution < -0.4 is 0 Å². The van der Waals surface area contributed by atoms with Crippen molar-refractivity contribution in [3.63, 3.8) is 0 Å². The molecule has 0 aliphatic heterocycles. The van der Waals surface area contributed by atoms with Crippen LogP contribution in [0.25, 0.3) is 0 Å². The van der Waals surface area contributed by atoms with Crippen molar-refractivity contribution in [2.75, 3.05) is 6.54 Å². The van der Waals surface area contributed by atoms with E-state index >= 15 is 0 Å². The zero-order valence-corrected chi connectivity index (χ0v) is 11.1. The fourth-order valence-electron chi connectivity index (χ4n) is 2.86. The lowest BCUT2D eigenvalue weighted by Gasteiger charge is -2.27. The van der Waals surface area contributed by atoms with Crippen molar-refractivity contribution >= 4 is 6.21 Å². The minimum absolute atomic E-state index is 0.617. The molecule has 0 radical (unpaired) electrons. The van der Waals surface area contributed by atoms with Crippen molar-refractivity contribution in [3.8, 4) is 0 Å². The predicted molar refractivity (Wildman–Crippen MR) is 81.6 cm³/mol. The first-order valence-corrected chi connectivity index (χ1v) is 7.03. The lowest BCUT2D eigenvalue weighted by atomic mass is 9.79. The summed E-state index contributed by atoms with van der Waals surface area (Å²) in [5, 5.41) is 0. The van der Waals surface area contributed by atoms with Crippen molar-refractivity contribution in [1.82, 2.24) is 0 Å². The number of hydrogen-bond donors (Lipinski definition) is 0. The maximum atomic E-state index is 4.61. The van der Waals surface area contributed by atoms with Crippen LogP contribution in [0.5, 0.6) is 0 Å². The minimum atomic E-state index is 0.617. The largest absolute Gasteiger partial charge is 0.288 e. The molecule has 0 aromatic heterocycles. The van der Waals surface area contributed by atoms with Crippen LogP contribution in [0.4, 0.5) is 0 Å². The van der Waals surface area contributed by atoms with Gasteiger partial charge in [0.1, 0.15) is 0 Å². The summed E-state index contributed by atoms with van der Waals surface area (Å²) in [7, 11) is 0. The lowest BCUT2D eigenvalue weighted by molar-refractivity contribution is 0.632. The highest BCUT2D eigenvalue weighted by Gasteiger charge is 2.21. The van der Waals surface area contributed by atoms with E-state index in [0.717, 1.165) is 13.0 Å². The molecule has 0 N–H and O–H groups in total. The summed E-state index contributed by atoms with van der Waals surface area (Å²) < 4.78 is 0. The molecule has 1 unspecified atom stereocenters. The van der Waals surface area contributed by atoms with Crippen molar-refractivity contribution in [1.29, 1.82) is 0 Å². The normalized spacial score (nSPS) is 22.0. The average Bonchev–Trinajstić information content (AvgIpc) is 2.49. The van der Waals surface area contributed by atoms with Crippen LogP contribution in [-0.4, -0.2) is 12.8 Å². The van der Waals surface area contributed by atoms with Gasteiger partial charge in [-0.05, 0) is 30.4 Å². The molecule has 2 aliphatic carbocycles. The second-order valence-corrected chi connectivity index (χ2v) is 5.16. The van der Waals surface area contributed by atoms with Gasteiger partial charge >= 0.3 is 0 Å². The molecule has 0 spiro atoms. The molecule has 19 heavy (non-hydrogen) atoms. The fourth-order valence-corrected chi connectivity index (χ4v) is 2.86. The Hall–Kier alpha value is -1.89. The standard InChI is InChI=1S/C18H19N/c1-2-7-15(8-3-1)13-19-14-17-11-6-10-16-9-4-5-12-18(16)17/h1-5,7-9,11,13,18H,6,10,12,14H2/b19-13+. The zero-order valence-electron chi connectivity index (χ0n) is 11.1. The summed E-state index contributed by atoms with van der Waals surface area (Å²) in [4.78, 5) is 4.61. The number of hydrogen-bond acceptors (Lipinski definition) is 1. The monoisotopic (exact) mass is 249 g/mol. The molecular formula is C18H19N. The van der Waals surface area contributed by atoms with Crippen LogP contribution in [0.15, 0.2) is 70.8 Å². The molecule has 0 bridgehead atoms. The summed E-state index contributed by atoms with van der Waals surface area (Å²) in [6, 6.07) is 10.3. The summed E-state index contributed by atoms with van der Waals surface area (Å²) >= 11 is 0. The molecule has 1 nitrogen and oxygen atoms in total. The number of nitrogens with zero attached hydrogens (tertiary/aromatic N) is 1. The average molecular weight is 249 g/mol.